The molecule has 1 aromatic rings. The Bertz CT molecular complexity index is 645. The van der Waals surface area contributed by atoms with Gasteiger partial charge in [-0.3, -0.25) is 0 Å². The lowest BCUT2D eigenvalue weighted by Gasteiger charge is -2.40. The average molecular weight is 419 g/mol. The topological polar surface area (TPSA) is 118 Å². The summed E-state index contributed by atoms with van der Waals surface area (Å²) in [7, 11) is 3.26. The van der Waals surface area contributed by atoms with Crippen molar-refractivity contribution in [1.29, 1.82) is 0 Å². The van der Waals surface area contributed by atoms with E-state index in [0.717, 1.165) is 0 Å². The van der Waals surface area contributed by atoms with Gasteiger partial charge in [-0.15, -0.1) is 0 Å². The fraction of sp³-hybridized carbons (Fsp3) is 0.684. The van der Waals surface area contributed by atoms with Crippen molar-refractivity contribution in [3.8, 4) is 5.75 Å². The predicted octanol–water partition coefficient (Wildman–Crippen LogP) is 0.426. The molecule has 1 saturated carbocycles. The van der Waals surface area contributed by atoms with Gasteiger partial charge >= 0.3 is 0 Å². The van der Waals surface area contributed by atoms with E-state index in [0.29, 0.717) is 29.2 Å². The van der Waals surface area contributed by atoms with Crippen molar-refractivity contribution in [3.05, 3.63) is 28.8 Å². The number of hydrogen-bond donors (Lipinski definition) is 4. The van der Waals surface area contributed by atoms with Gasteiger partial charge in [0.2, 0.25) is 0 Å². The molecule has 3 rings (SSSR count). The van der Waals surface area contributed by atoms with Crippen LogP contribution in [0, 0.1) is 0 Å². The number of hydrogen-bond acceptors (Lipinski definition) is 8. The molecule has 2 aliphatic rings. The van der Waals surface area contributed by atoms with Crippen LogP contribution in [-0.2, 0) is 14.2 Å². The van der Waals surface area contributed by atoms with E-state index in [2.05, 4.69) is 0 Å². The molecule has 28 heavy (non-hydrogen) atoms. The lowest BCUT2D eigenvalue weighted by atomic mass is 9.91. The minimum absolute atomic E-state index is 0.0672. The van der Waals surface area contributed by atoms with Crippen LogP contribution < -0.4 is 4.74 Å². The molecule has 9 heteroatoms. The highest BCUT2D eigenvalue weighted by molar-refractivity contribution is 6.32. The molecule has 1 aromatic carbocycles. The smallest absolute Gasteiger partial charge is 0.138 e. The molecule has 0 spiro atoms. The van der Waals surface area contributed by atoms with Crippen LogP contribution in [-0.4, -0.2) is 84.0 Å². The third-order valence-corrected chi connectivity index (χ3v) is 5.79. The van der Waals surface area contributed by atoms with E-state index >= 15 is 0 Å². The van der Waals surface area contributed by atoms with Crippen molar-refractivity contribution < 1.29 is 39.4 Å². The van der Waals surface area contributed by atoms with Crippen molar-refractivity contribution in [3.63, 3.8) is 0 Å². The fourth-order valence-electron chi connectivity index (χ4n) is 3.85. The Morgan fingerprint density at radius 1 is 1.04 bits per heavy atom. The largest absolute Gasteiger partial charge is 0.489 e. The molecule has 4 N–H and O–H groups in total. The van der Waals surface area contributed by atoms with Gasteiger partial charge in [0.1, 0.15) is 42.4 Å². The van der Waals surface area contributed by atoms with Crippen LogP contribution in [0.25, 0.3) is 0 Å². The van der Waals surface area contributed by atoms with Crippen LogP contribution in [0.1, 0.15) is 24.5 Å². The molecule has 0 amide bonds. The summed E-state index contributed by atoms with van der Waals surface area (Å²) in [5, 5.41) is 40.1. The number of aliphatic hydroxyl groups is 4. The Balaban J connectivity index is 1.78. The number of methoxy groups -OCH3 is 2. The van der Waals surface area contributed by atoms with Gasteiger partial charge < -0.3 is 39.4 Å². The van der Waals surface area contributed by atoms with E-state index in [1.54, 1.807) is 32.4 Å². The predicted molar refractivity (Wildman–Crippen MR) is 99.4 cm³/mol. The van der Waals surface area contributed by atoms with Crippen molar-refractivity contribution >= 4 is 11.6 Å². The molecule has 8 nitrogen and oxygen atoms in total. The van der Waals surface area contributed by atoms with Crippen LogP contribution in [0.2, 0.25) is 5.02 Å². The summed E-state index contributed by atoms with van der Waals surface area (Å²) in [6.45, 7) is -0.489. The summed E-state index contributed by atoms with van der Waals surface area (Å²) in [5.41, 5.74) is 0.515. The Morgan fingerprint density at radius 3 is 2.25 bits per heavy atom. The molecular weight excluding hydrogens is 392 g/mol. The van der Waals surface area contributed by atoms with E-state index in [9.17, 15) is 20.4 Å². The van der Waals surface area contributed by atoms with Gasteiger partial charge in [-0.25, -0.2) is 0 Å². The summed E-state index contributed by atoms with van der Waals surface area (Å²) in [5.74, 6) is 0.410. The molecule has 1 saturated heterocycles. The normalized spacial score (nSPS) is 38.5. The zero-order valence-electron chi connectivity index (χ0n) is 15.8. The second kappa shape index (κ2) is 9.23. The van der Waals surface area contributed by atoms with Crippen molar-refractivity contribution in [2.24, 2.45) is 0 Å². The van der Waals surface area contributed by atoms with E-state index in [1.165, 1.54) is 0 Å². The first-order valence-corrected chi connectivity index (χ1v) is 9.59. The summed E-state index contributed by atoms with van der Waals surface area (Å²) >= 11 is 6.28. The maximum Gasteiger partial charge on any atom is 0.138 e. The van der Waals surface area contributed by atoms with Gasteiger partial charge in [0, 0.05) is 27.1 Å². The lowest BCUT2D eigenvalue weighted by molar-refractivity contribution is -0.231. The van der Waals surface area contributed by atoms with Gasteiger partial charge in [0.25, 0.3) is 0 Å². The molecule has 2 fully saturated rings. The molecule has 7 atom stereocenters. The Labute approximate surface area is 168 Å². The second-order valence-electron chi connectivity index (χ2n) is 7.20. The quantitative estimate of drug-likeness (QED) is 0.525. The van der Waals surface area contributed by atoms with Crippen molar-refractivity contribution in [2.75, 3.05) is 20.8 Å². The molecule has 0 aromatic heterocycles. The number of halogens is 1. The summed E-state index contributed by atoms with van der Waals surface area (Å²) in [4.78, 5) is 0. The minimum atomic E-state index is -1.45. The maximum atomic E-state index is 10.3. The van der Waals surface area contributed by atoms with Gasteiger partial charge in [-0.2, -0.15) is 0 Å². The van der Waals surface area contributed by atoms with Gasteiger partial charge in [0.05, 0.1) is 23.8 Å². The zero-order valence-corrected chi connectivity index (χ0v) is 16.5. The highest BCUT2D eigenvalue weighted by Gasteiger charge is 2.44. The van der Waals surface area contributed by atoms with E-state index in [4.69, 9.17) is 30.5 Å². The molecule has 0 radical (unpaired) electrons. The highest BCUT2D eigenvalue weighted by Crippen LogP contribution is 2.37. The number of aliphatic hydroxyl groups excluding tert-OH is 4. The van der Waals surface area contributed by atoms with Gasteiger partial charge in [-0.05, 0) is 17.7 Å². The minimum Gasteiger partial charge on any atom is -0.489 e. The van der Waals surface area contributed by atoms with Crippen LogP contribution in [0.4, 0.5) is 0 Å². The first kappa shape index (κ1) is 21.7. The summed E-state index contributed by atoms with van der Waals surface area (Å²) in [6, 6.07) is 4.90. The fourth-order valence-corrected chi connectivity index (χ4v) is 4.02. The van der Waals surface area contributed by atoms with Gasteiger partial charge in [0.15, 0.2) is 0 Å². The third-order valence-electron chi connectivity index (χ3n) is 5.48. The third kappa shape index (κ3) is 4.29. The lowest BCUT2D eigenvalue weighted by Crippen LogP contribution is -2.55. The molecule has 1 aliphatic heterocycles. The van der Waals surface area contributed by atoms with Gasteiger partial charge in [-0.1, -0.05) is 17.7 Å². The Hall–Kier alpha value is -0.970. The zero-order chi connectivity index (χ0) is 20.4. The molecule has 0 bridgehead atoms. The Kier molecular flexibility index (Phi) is 7.17. The van der Waals surface area contributed by atoms with E-state index in [-0.39, 0.29) is 18.3 Å². The van der Waals surface area contributed by atoms with Crippen LogP contribution in [0.5, 0.6) is 5.75 Å². The van der Waals surface area contributed by atoms with Crippen LogP contribution in [0.3, 0.4) is 0 Å². The summed E-state index contributed by atoms with van der Waals surface area (Å²) in [6.07, 6.45) is -5.15. The molecule has 1 aliphatic carbocycles. The number of benzene rings is 1. The van der Waals surface area contributed by atoms with Crippen LogP contribution in [0.15, 0.2) is 18.2 Å². The van der Waals surface area contributed by atoms with Crippen molar-refractivity contribution in [2.45, 2.75) is 61.7 Å². The van der Waals surface area contributed by atoms with E-state index < -0.39 is 37.1 Å². The SMILES string of the molecule is COC1CC(Oc2cc([C@@H]3O[C@H](CO)[C@@H](O)[C@H](O)[C@H]3O)ccc2Cl)CC1OC. The molecule has 158 valence electrons. The van der Waals surface area contributed by atoms with Crippen molar-refractivity contribution in [1.82, 2.24) is 0 Å². The Morgan fingerprint density at radius 2 is 1.68 bits per heavy atom. The second-order valence-corrected chi connectivity index (χ2v) is 7.61. The standard InChI is InChI=1S/C19H27ClO8/c1-25-13-6-10(7-14(13)26-2)27-12-5-9(3-4-11(12)20)19-18(24)17(23)16(22)15(8-21)28-19/h3-5,10,13-19,21-24H,6-8H2,1-2H3/t10?,13?,14?,15-,16-,17+,18-,19+/m1/s1. The van der Waals surface area contributed by atoms with E-state index in [1.807, 2.05) is 0 Å². The maximum absolute atomic E-state index is 10.3. The van der Waals surface area contributed by atoms with Crippen LogP contribution >= 0.6 is 11.6 Å². The molecule has 2 unspecified atom stereocenters. The molecular formula is C19H27ClO8. The number of rotatable bonds is 6. The highest BCUT2D eigenvalue weighted by atomic mass is 35.5. The first-order chi connectivity index (χ1) is 13.4. The average Bonchev–Trinajstić information content (AvgIpc) is 3.10. The first-order valence-electron chi connectivity index (χ1n) is 9.21. The number of ether oxygens (including phenoxy) is 4. The monoisotopic (exact) mass is 418 g/mol. The molecule has 1 heterocycles. The summed E-state index contributed by atoms with van der Waals surface area (Å²) < 4.78 is 22.5.